The van der Waals surface area contributed by atoms with Gasteiger partial charge in [-0.1, -0.05) is 115 Å². The van der Waals surface area contributed by atoms with E-state index in [-0.39, 0.29) is 0 Å². The lowest BCUT2D eigenvalue weighted by molar-refractivity contribution is 0.669. The summed E-state index contributed by atoms with van der Waals surface area (Å²) in [6.45, 7) is 0. The Morgan fingerprint density at radius 1 is 0.333 bits per heavy atom. The average molecular weight is 651 g/mol. The van der Waals surface area contributed by atoms with E-state index < -0.39 is 0 Å². The zero-order chi connectivity index (χ0) is 33.5. The number of rotatable bonds is 4. The molecule has 0 saturated heterocycles. The molecule has 0 aliphatic heterocycles. The molecule has 2 heterocycles. The summed E-state index contributed by atoms with van der Waals surface area (Å²) in [7, 11) is 0. The van der Waals surface area contributed by atoms with E-state index in [1.807, 2.05) is 12.1 Å². The summed E-state index contributed by atoms with van der Waals surface area (Å²) in [6.07, 6.45) is 0. The molecule has 51 heavy (non-hydrogen) atoms. The Kier molecular flexibility index (Phi) is 5.96. The van der Waals surface area contributed by atoms with Crippen molar-refractivity contribution in [3.63, 3.8) is 0 Å². The quantitative estimate of drug-likeness (QED) is 0.177. The average Bonchev–Trinajstić information content (AvgIpc) is 3.73. The molecule has 0 amide bonds. The van der Waals surface area contributed by atoms with Crippen molar-refractivity contribution in [1.82, 2.24) is 4.57 Å². The molecule has 3 nitrogen and oxygen atoms in total. The number of furan rings is 1. The van der Waals surface area contributed by atoms with Crippen LogP contribution in [0, 0.1) is 0 Å². The molecule has 0 saturated carbocycles. The molecule has 0 spiro atoms. The molecule has 0 aliphatic carbocycles. The van der Waals surface area contributed by atoms with Crippen LogP contribution in [-0.2, 0) is 0 Å². The van der Waals surface area contributed by atoms with Crippen LogP contribution in [0.25, 0.3) is 81.7 Å². The minimum absolute atomic E-state index is 0.871. The highest BCUT2D eigenvalue weighted by Crippen LogP contribution is 2.43. The molecule has 11 aromatic rings. The topological polar surface area (TPSA) is 21.3 Å². The second-order valence-electron chi connectivity index (χ2n) is 13.4. The highest BCUT2D eigenvalue weighted by atomic mass is 16.3. The first kappa shape index (κ1) is 28.0. The third kappa shape index (κ3) is 4.25. The molecule has 0 N–H and O–H groups in total. The van der Waals surface area contributed by atoms with Crippen LogP contribution in [0.3, 0.4) is 0 Å². The van der Waals surface area contributed by atoms with E-state index in [1.54, 1.807) is 0 Å². The minimum atomic E-state index is 0.871. The summed E-state index contributed by atoms with van der Waals surface area (Å²) in [4.78, 5) is 2.37. The van der Waals surface area contributed by atoms with Crippen molar-refractivity contribution < 1.29 is 4.42 Å². The second kappa shape index (κ2) is 10.8. The number of fused-ring (bicyclic) bond motifs is 11. The predicted molar refractivity (Wildman–Crippen MR) is 215 cm³/mol. The maximum atomic E-state index is 6.44. The number of anilines is 3. The summed E-state index contributed by atoms with van der Waals surface area (Å²) in [6, 6.07) is 65.7. The first-order chi connectivity index (χ1) is 25.3. The van der Waals surface area contributed by atoms with Gasteiger partial charge in [0.05, 0.1) is 11.0 Å². The van der Waals surface area contributed by atoms with Crippen LogP contribution in [0.4, 0.5) is 17.1 Å². The molecule has 0 fully saturated rings. The van der Waals surface area contributed by atoms with Crippen LogP contribution < -0.4 is 4.90 Å². The maximum absolute atomic E-state index is 6.44. The monoisotopic (exact) mass is 650 g/mol. The van der Waals surface area contributed by atoms with Gasteiger partial charge in [0.15, 0.2) is 0 Å². The summed E-state index contributed by atoms with van der Waals surface area (Å²) < 4.78 is 8.82. The van der Waals surface area contributed by atoms with E-state index in [0.717, 1.165) is 50.2 Å². The lowest BCUT2D eigenvalue weighted by atomic mass is 9.96. The third-order valence-electron chi connectivity index (χ3n) is 10.5. The van der Waals surface area contributed by atoms with Crippen LogP contribution in [0.1, 0.15) is 0 Å². The van der Waals surface area contributed by atoms with Crippen LogP contribution in [0.15, 0.2) is 186 Å². The molecular weight excluding hydrogens is 621 g/mol. The van der Waals surface area contributed by atoms with Gasteiger partial charge in [0, 0.05) is 50.4 Å². The summed E-state index contributed by atoms with van der Waals surface area (Å²) in [5.74, 6) is 0. The van der Waals surface area contributed by atoms with Crippen molar-refractivity contribution >= 4 is 93.1 Å². The lowest BCUT2D eigenvalue weighted by Gasteiger charge is -2.26. The van der Waals surface area contributed by atoms with Gasteiger partial charge in [-0.15, -0.1) is 0 Å². The van der Waals surface area contributed by atoms with Gasteiger partial charge < -0.3 is 13.9 Å². The SMILES string of the molecule is c1ccc(-n2c3ccccc3c3ccc(N(c4ccc5c(c4)oc4ccccc45)c4ccc5ccc6c7ccccc7ccc6c5c4)cc32)cc1. The molecule has 0 atom stereocenters. The number of hydrogen-bond donors (Lipinski definition) is 0. The summed E-state index contributed by atoms with van der Waals surface area (Å²) in [5, 5.41) is 12.2. The number of hydrogen-bond acceptors (Lipinski definition) is 2. The Bertz CT molecular complexity index is 3150. The van der Waals surface area contributed by atoms with Crippen molar-refractivity contribution in [2.75, 3.05) is 4.90 Å². The molecule has 238 valence electrons. The molecule has 3 heteroatoms. The van der Waals surface area contributed by atoms with Crippen molar-refractivity contribution in [2.24, 2.45) is 0 Å². The molecule has 0 bridgehead atoms. The fourth-order valence-electron chi connectivity index (χ4n) is 8.20. The van der Waals surface area contributed by atoms with Crippen molar-refractivity contribution in [1.29, 1.82) is 0 Å². The lowest BCUT2D eigenvalue weighted by Crippen LogP contribution is -2.10. The number of nitrogens with zero attached hydrogens (tertiary/aromatic N) is 2. The first-order valence-corrected chi connectivity index (χ1v) is 17.4. The smallest absolute Gasteiger partial charge is 0.137 e. The maximum Gasteiger partial charge on any atom is 0.137 e. The predicted octanol–water partition coefficient (Wildman–Crippen LogP) is 13.6. The Morgan fingerprint density at radius 2 is 0.882 bits per heavy atom. The fraction of sp³-hybridized carbons (Fsp3) is 0. The number of para-hydroxylation sites is 3. The van der Waals surface area contributed by atoms with Crippen LogP contribution >= 0.6 is 0 Å². The van der Waals surface area contributed by atoms with Crippen LogP contribution in [0.2, 0.25) is 0 Å². The Morgan fingerprint density at radius 3 is 1.75 bits per heavy atom. The van der Waals surface area contributed by atoms with Crippen LogP contribution in [-0.4, -0.2) is 4.57 Å². The van der Waals surface area contributed by atoms with E-state index >= 15 is 0 Å². The van der Waals surface area contributed by atoms with Crippen molar-refractivity contribution in [2.45, 2.75) is 0 Å². The second-order valence-corrected chi connectivity index (χ2v) is 13.4. The Labute approximate surface area is 293 Å². The minimum Gasteiger partial charge on any atom is -0.456 e. The van der Waals surface area contributed by atoms with Gasteiger partial charge in [-0.2, -0.15) is 0 Å². The summed E-state index contributed by atoms with van der Waals surface area (Å²) in [5.41, 5.74) is 8.45. The third-order valence-corrected chi connectivity index (χ3v) is 10.5. The fourth-order valence-corrected chi connectivity index (χ4v) is 8.20. The van der Waals surface area contributed by atoms with E-state index in [0.29, 0.717) is 0 Å². The molecule has 0 radical (unpaired) electrons. The normalized spacial score (nSPS) is 11.9. The molecule has 11 rings (SSSR count). The molecule has 0 unspecified atom stereocenters. The van der Waals surface area contributed by atoms with Crippen molar-refractivity contribution in [3.05, 3.63) is 182 Å². The van der Waals surface area contributed by atoms with Crippen LogP contribution in [0.5, 0.6) is 0 Å². The molecule has 2 aromatic heterocycles. The largest absolute Gasteiger partial charge is 0.456 e. The van der Waals surface area contributed by atoms with Gasteiger partial charge in [0.1, 0.15) is 11.2 Å². The molecule has 0 aliphatic rings. The molecule has 9 aromatic carbocycles. The van der Waals surface area contributed by atoms with E-state index in [1.165, 1.54) is 48.6 Å². The first-order valence-electron chi connectivity index (χ1n) is 17.4. The van der Waals surface area contributed by atoms with Gasteiger partial charge in [0.2, 0.25) is 0 Å². The zero-order valence-corrected chi connectivity index (χ0v) is 27.6. The van der Waals surface area contributed by atoms with E-state index in [9.17, 15) is 0 Å². The van der Waals surface area contributed by atoms with Gasteiger partial charge in [-0.3, -0.25) is 0 Å². The van der Waals surface area contributed by atoms with E-state index in [2.05, 4.69) is 179 Å². The highest BCUT2D eigenvalue weighted by molar-refractivity contribution is 6.18. The van der Waals surface area contributed by atoms with Gasteiger partial charge in [-0.25, -0.2) is 0 Å². The van der Waals surface area contributed by atoms with Crippen molar-refractivity contribution in [3.8, 4) is 5.69 Å². The highest BCUT2D eigenvalue weighted by Gasteiger charge is 2.19. The summed E-state index contributed by atoms with van der Waals surface area (Å²) >= 11 is 0. The van der Waals surface area contributed by atoms with E-state index in [4.69, 9.17) is 4.42 Å². The Hall–Kier alpha value is -6.84. The van der Waals surface area contributed by atoms with Gasteiger partial charge >= 0.3 is 0 Å². The Balaban J connectivity index is 1.19. The number of aromatic nitrogens is 1. The van der Waals surface area contributed by atoms with Gasteiger partial charge in [0.25, 0.3) is 0 Å². The zero-order valence-electron chi connectivity index (χ0n) is 27.6. The molecular formula is C48H30N2O. The standard InChI is InChI=1S/C48H30N2O/c1-2-11-33(12-3-1)50-45-16-8-6-14-40(45)41-26-22-35(29-46(41)50)49(36-23-27-43-42-15-7-9-17-47(42)51-48(43)30-36)34-21-18-32-20-24-38-37-13-5-4-10-31(37)19-25-39(38)44(32)28-34/h1-30H. The van der Waals surface area contributed by atoms with Gasteiger partial charge in [-0.05, 0) is 93.0 Å². The number of benzene rings is 9.